The van der Waals surface area contributed by atoms with E-state index in [1.54, 1.807) is 58.6 Å². The van der Waals surface area contributed by atoms with Gasteiger partial charge in [0, 0.05) is 56.0 Å². The summed E-state index contributed by atoms with van der Waals surface area (Å²) in [5, 5.41) is 13.5. The number of amides is 2. The Balaban J connectivity index is 1.28. The lowest BCUT2D eigenvalue weighted by Gasteiger charge is -2.25. The van der Waals surface area contributed by atoms with Gasteiger partial charge in [0.2, 0.25) is 0 Å². The molecule has 0 saturated heterocycles. The molecule has 0 aliphatic carbocycles. The maximum Gasteiger partial charge on any atom is 0.324 e. The topological polar surface area (TPSA) is 115 Å². The molecule has 0 unspecified atom stereocenters. The highest BCUT2D eigenvalue weighted by Gasteiger charge is 2.28. The summed E-state index contributed by atoms with van der Waals surface area (Å²) in [6.07, 6.45) is 8.47. The number of fused-ring (bicyclic) bond motifs is 1. The average Bonchev–Trinajstić information content (AvgIpc) is 3.41. The first kappa shape index (κ1) is 30.5. The minimum absolute atomic E-state index is 0.0473. The number of benzene rings is 2. The van der Waals surface area contributed by atoms with Crippen LogP contribution in [-0.4, -0.2) is 62.7 Å². The number of rotatable bonds is 14. The van der Waals surface area contributed by atoms with E-state index in [1.807, 2.05) is 25.2 Å². The van der Waals surface area contributed by atoms with Gasteiger partial charge in [0.1, 0.15) is 0 Å². The first-order valence-electron chi connectivity index (χ1n) is 14.3. The minimum Gasteiger partial charge on any atom is -0.387 e. The first-order chi connectivity index (χ1) is 19.8. The lowest BCUT2D eigenvalue weighted by Crippen LogP contribution is -2.40. The van der Waals surface area contributed by atoms with Gasteiger partial charge in [-0.3, -0.25) is 14.6 Å². The molecular formula is C31H41N5O4S. The number of aliphatic hydroxyl groups is 1. The van der Waals surface area contributed by atoms with Crippen molar-refractivity contribution in [1.82, 2.24) is 15.2 Å². The van der Waals surface area contributed by atoms with E-state index in [1.165, 1.54) is 6.42 Å². The zero-order valence-corrected chi connectivity index (χ0v) is 24.7. The predicted octanol–water partition coefficient (Wildman–Crippen LogP) is 4.74. The molecule has 0 saturated carbocycles. The Hall–Kier alpha value is -3.47. The number of aromatic nitrogens is 1. The molecule has 2 amide bonds. The number of carbonyl (C=O) groups excluding carboxylic acids is 1. The Labute approximate surface area is 243 Å². The van der Waals surface area contributed by atoms with Crippen molar-refractivity contribution in [3.8, 4) is 0 Å². The third-order valence-electron chi connectivity index (χ3n) is 7.36. The van der Waals surface area contributed by atoms with E-state index >= 15 is 0 Å². The SMILES string of the molecule is CCCCCCN(C)C(=O)N1CCc2cc(S(=O)(=O)Nc3ccc(CCNC[C@H](O)c4cccnc4)cc3)ccc21. The summed E-state index contributed by atoms with van der Waals surface area (Å²) in [6.45, 7) is 4.52. The molecule has 2 aromatic carbocycles. The van der Waals surface area contributed by atoms with Crippen molar-refractivity contribution in [1.29, 1.82) is 0 Å². The number of hydrogen-bond donors (Lipinski definition) is 3. The molecule has 0 fully saturated rings. The van der Waals surface area contributed by atoms with Crippen molar-refractivity contribution in [2.45, 2.75) is 56.4 Å². The minimum atomic E-state index is -3.79. The molecule has 1 aliphatic rings. The Bertz CT molecular complexity index is 1380. The van der Waals surface area contributed by atoms with Gasteiger partial charge in [0.15, 0.2) is 0 Å². The molecule has 3 aromatic rings. The van der Waals surface area contributed by atoms with Crippen molar-refractivity contribution < 1.29 is 18.3 Å². The highest BCUT2D eigenvalue weighted by Crippen LogP contribution is 2.31. The lowest BCUT2D eigenvalue weighted by molar-refractivity contribution is 0.174. The summed E-state index contributed by atoms with van der Waals surface area (Å²) >= 11 is 0. The van der Waals surface area contributed by atoms with E-state index in [9.17, 15) is 18.3 Å². The standard InChI is InChI=1S/C31H41N5O4S/c1-3-4-5-6-19-35(2)31(38)36-20-16-25-21-28(13-14-29(25)36)41(39,40)34-27-11-9-24(10-12-27)15-18-33-23-30(37)26-8-7-17-32-22-26/h7-14,17,21-22,30,33-34,37H,3-6,15-16,18-20,23H2,1-2H3/t30-/m0/s1. The van der Waals surface area contributed by atoms with Crippen LogP contribution < -0.4 is 14.9 Å². The number of pyridine rings is 1. The number of anilines is 2. The predicted molar refractivity (Wildman–Crippen MR) is 163 cm³/mol. The molecule has 10 heteroatoms. The number of nitrogens with one attached hydrogen (secondary N) is 2. The number of hydrogen-bond acceptors (Lipinski definition) is 6. The molecule has 1 aromatic heterocycles. The Morgan fingerprint density at radius 1 is 1.12 bits per heavy atom. The van der Waals surface area contributed by atoms with Crippen LogP contribution in [0.15, 0.2) is 71.9 Å². The molecule has 0 radical (unpaired) electrons. The maximum atomic E-state index is 13.1. The molecule has 3 N–H and O–H groups in total. The number of nitrogens with zero attached hydrogens (tertiary/aromatic N) is 3. The van der Waals surface area contributed by atoms with Gasteiger partial charge >= 0.3 is 6.03 Å². The quantitative estimate of drug-likeness (QED) is 0.238. The Morgan fingerprint density at radius 2 is 1.93 bits per heavy atom. The molecule has 220 valence electrons. The first-order valence-corrected chi connectivity index (χ1v) is 15.8. The molecule has 1 aliphatic heterocycles. The maximum absolute atomic E-state index is 13.1. The third kappa shape index (κ3) is 8.28. The summed E-state index contributed by atoms with van der Waals surface area (Å²) in [7, 11) is -1.96. The van der Waals surface area contributed by atoms with Crippen LogP contribution in [0.2, 0.25) is 0 Å². The number of carbonyl (C=O) groups is 1. The fraction of sp³-hybridized carbons (Fsp3) is 0.419. The van der Waals surface area contributed by atoms with Crippen molar-refractivity contribution in [3.63, 3.8) is 0 Å². The average molecular weight is 580 g/mol. The molecule has 2 heterocycles. The Morgan fingerprint density at radius 3 is 2.66 bits per heavy atom. The van der Waals surface area contributed by atoms with Crippen LogP contribution in [0.25, 0.3) is 0 Å². The van der Waals surface area contributed by atoms with E-state index in [4.69, 9.17) is 0 Å². The zero-order chi connectivity index (χ0) is 29.2. The van der Waals surface area contributed by atoms with Gasteiger partial charge in [-0.2, -0.15) is 0 Å². The molecule has 0 spiro atoms. The van der Waals surface area contributed by atoms with E-state index in [2.05, 4.69) is 21.9 Å². The van der Waals surface area contributed by atoms with Gasteiger partial charge in [-0.25, -0.2) is 13.2 Å². The molecule has 1 atom stereocenters. The lowest BCUT2D eigenvalue weighted by atomic mass is 10.1. The van der Waals surface area contributed by atoms with Gasteiger partial charge in [-0.05, 0) is 73.3 Å². The summed E-state index contributed by atoms with van der Waals surface area (Å²) < 4.78 is 28.9. The van der Waals surface area contributed by atoms with Crippen LogP contribution >= 0.6 is 0 Å². The highest BCUT2D eigenvalue weighted by molar-refractivity contribution is 7.92. The van der Waals surface area contributed by atoms with Crippen molar-refractivity contribution in [2.24, 2.45) is 0 Å². The van der Waals surface area contributed by atoms with Gasteiger partial charge in [-0.15, -0.1) is 0 Å². The van der Waals surface area contributed by atoms with Crippen molar-refractivity contribution in [3.05, 3.63) is 83.7 Å². The van der Waals surface area contributed by atoms with Crippen LogP contribution in [0.1, 0.15) is 55.4 Å². The summed E-state index contributed by atoms with van der Waals surface area (Å²) in [5.74, 6) is 0. The van der Waals surface area contributed by atoms with Gasteiger partial charge in [0.05, 0.1) is 11.0 Å². The second-order valence-electron chi connectivity index (χ2n) is 10.5. The summed E-state index contributed by atoms with van der Waals surface area (Å²) in [6, 6.07) is 15.8. The van der Waals surface area contributed by atoms with E-state index in [0.29, 0.717) is 38.3 Å². The molecule has 9 nitrogen and oxygen atoms in total. The van der Waals surface area contributed by atoms with Crippen LogP contribution in [-0.2, 0) is 22.9 Å². The van der Waals surface area contributed by atoms with E-state index in [0.717, 1.165) is 48.1 Å². The number of unbranched alkanes of at least 4 members (excludes halogenated alkanes) is 3. The molecule has 0 bridgehead atoms. The number of sulfonamides is 1. The largest absolute Gasteiger partial charge is 0.387 e. The molecule has 41 heavy (non-hydrogen) atoms. The zero-order valence-electron chi connectivity index (χ0n) is 23.9. The van der Waals surface area contributed by atoms with Crippen LogP contribution in [0.3, 0.4) is 0 Å². The molecule has 4 rings (SSSR count). The normalized spacial score (nSPS) is 13.6. The fourth-order valence-electron chi connectivity index (χ4n) is 4.94. The van der Waals surface area contributed by atoms with Gasteiger partial charge in [0.25, 0.3) is 10.0 Å². The second kappa shape index (κ2) is 14.4. The Kier molecular flexibility index (Phi) is 10.7. The van der Waals surface area contributed by atoms with E-state index < -0.39 is 16.1 Å². The number of aliphatic hydroxyl groups excluding tert-OH is 1. The second-order valence-corrected chi connectivity index (χ2v) is 12.2. The van der Waals surface area contributed by atoms with Gasteiger partial charge < -0.3 is 15.3 Å². The summed E-state index contributed by atoms with van der Waals surface area (Å²) in [4.78, 5) is 20.7. The summed E-state index contributed by atoms with van der Waals surface area (Å²) in [5.41, 5.74) is 3.94. The monoisotopic (exact) mass is 579 g/mol. The van der Waals surface area contributed by atoms with Crippen molar-refractivity contribution >= 4 is 27.4 Å². The van der Waals surface area contributed by atoms with E-state index in [-0.39, 0.29) is 10.9 Å². The molecular weight excluding hydrogens is 538 g/mol. The highest BCUT2D eigenvalue weighted by atomic mass is 32.2. The van der Waals surface area contributed by atoms with Gasteiger partial charge in [-0.1, -0.05) is 44.4 Å². The smallest absolute Gasteiger partial charge is 0.324 e. The number of urea groups is 1. The van der Waals surface area contributed by atoms with Crippen molar-refractivity contribution in [2.75, 3.05) is 42.8 Å². The third-order valence-corrected chi connectivity index (χ3v) is 8.74. The van der Waals surface area contributed by atoms with Crippen LogP contribution in [0.5, 0.6) is 0 Å². The fourth-order valence-corrected chi connectivity index (χ4v) is 6.05. The van der Waals surface area contributed by atoms with Crippen LogP contribution in [0.4, 0.5) is 16.2 Å². The van der Waals surface area contributed by atoms with Crippen LogP contribution in [0, 0.1) is 0 Å².